The first-order valence-electron chi connectivity index (χ1n) is 7.80. The van der Waals surface area contributed by atoms with Gasteiger partial charge in [-0.05, 0) is 64.5 Å². The summed E-state index contributed by atoms with van der Waals surface area (Å²) < 4.78 is 0. The van der Waals surface area contributed by atoms with Crippen LogP contribution in [-0.2, 0) is 6.54 Å². The van der Waals surface area contributed by atoms with Crippen LogP contribution in [0.15, 0.2) is 24.3 Å². The third-order valence-electron chi connectivity index (χ3n) is 4.52. The molecule has 2 rings (SSSR count). The van der Waals surface area contributed by atoms with Crippen molar-refractivity contribution in [3.05, 3.63) is 35.4 Å². The van der Waals surface area contributed by atoms with E-state index in [0.717, 1.165) is 6.54 Å². The molecule has 0 aliphatic carbocycles. The molecule has 1 aliphatic heterocycles. The number of hydrogen-bond donors (Lipinski definition) is 1. The molecule has 4 nitrogen and oxygen atoms in total. The second-order valence-electron chi connectivity index (χ2n) is 6.34. The van der Waals surface area contributed by atoms with Crippen LogP contribution in [0.25, 0.3) is 0 Å². The molecule has 4 heteroatoms. The van der Waals surface area contributed by atoms with E-state index in [1.54, 1.807) is 0 Å². The second-order valence-corrected chi connectivity index (χ2v) is 6.34. The molecule has 0 aromatic heterocycles. The van der Waals surface area contributed by atoms with Crippen LogP contribution in [-0.4, -0.2) is 47.9 Å². The maximum Gasteiger partial charge on any atom is 0.248 e. The molecule has 0 bridgehead atoms. The zero-order valence-electron chi connectivity index (χ0n) is 13.4. The molecule has 0 atom stereocenters. The van der Waals surface area contributed by atoms with Crippen molar-refractivity contribution in [3.8, 4) is 0 Å². The molecule has 1 aromatic rings. The quantitative estimate of drug-likeness (QED) is 0.903. The smallest absolute Gasteiger partial charge is 0.248 e. The number of carbonyl (C=O) groups is 1. The number of nitrogens with zero attached hydrogens (tertiary/aromatic N) is 2. The van der Waals surface area contributed by atoms with E-state index in [-0.39, 0.29) is 5.91 Å². The molecule has 1 aliphatic rings. The lowest BCUT2D eigenvalue weighted by molar-refractivity contribution is 0.0999. The first-order valence-corrected chi connectivity index (χ1v) is 7.80. The van der Waals surface area contributed by atoms with Crippen LogP contribution in [0.2, 0.25) is 0 Å². The van der Waals surface area contributed by atoms with Crippen molar-refractivity contribution in [2.24, 2.45) is 5.73 Å². The fourth-order valence-corrected chi connectivity index (χ4v) is 3.03. The van der Waals surface area contributed by atoms with Gasteiger partial charge in [0, 0.05) is 24.2 Å². The van der Waals surface area contributed by atoms with Gasteiger partial charge in [-0.15, -0.1) is 0 Å². The maximum absolute atomic E-state index is 11.1. The van der Waals surface area contributed by atoms with Crippen molar-refractivity contribution in [1.82, 2.24) is 9.80 Å². The van der Waals surface area contributed by atoms with E-state index in [1.807, 2.05) is 24.3 Å². The molecule has 1 fully saturated rings. The Morgan fingerprint density at radius 3 is 2.33 bits per heavy atom. The average Bonchev–Trinajstić information content (AvgIpc) is 2.47. The van der Waals surface area contributed by atoms with Crippen molar-refractivity contribution in [2.45, 2.75) is 45.3 Å². The monoisotopic (exact) mass is 289 g/mol. The highest BCUT2D eigenvalue weighted by atomic mass is 16.1. The summed E-state index contributed by atoms with van der Waals surface area (Å²) in [5.74, 6) is -0.365. The Morgan fingerprint density at radius 2 is 1.86 bits per heavy atom. The molecule has 0 unspecified atom stereocenters. The Kier molecular flexibility index (Phi) is 5.37. The first kappa shape index (κ1) is 16.0. The Morgan fingerprint density at radius 1 is 1.29 bits per heavy atom. The number of amides is 1. The number of nitrogens with two attached hydrogens (primary N) is 1. The zero-order chi connectivity index (χ0) is 15.4. The molecule has 2 N–H and O–H groups in total. The lowest BCUT2D eigenvalue weighted by Crippen LogP contribution is -2.45. The van der Waals surface area contributed by atoms with E-state index in [2.05, 4.69) is 30.7 Å². The van der Waals surface area contributed by atoms with Gasteiger partial charge in [-0.3, -0.25) is 9.69 Å². The highest BCUT2D eigenvalue weighted by molar-refractivity contribution is 5.92. The van der Waals surface area contributed by atoms with Crippen LogP contribution in [0.4, 0.5) is 0 Å². The first-order chi connectivity index (χ1) is 9.97. The molecule has 116 valence electrons. The van der Waals surface area contributed by atoms with Gasteiger partial charge in [0.1, 0.15) is 0 Å². The number of primary amides is 1. The molecular formula is C17H27N3O. The molecule has 0 radical (unpaired) electrons. The third kappa shape index (κ3) is 4.29. The zero-order valence-corrected chi connectivity index (χ0v) is 13.4. The third-order valence-corrected chi connectivity index (χ3v) is 4.52. The van der Waals surface area contributed by atoms with E-state index in [1.165, 1.54) is 31.5 Å². The summed E-state index contributed by atoms with van der Waals surface area (Å²) in [7, 11) is 2.19. The van der Waals surface area contributed by atoms with Crippen molar-refractivity contribution in [3.63, 3.8) is 0 Å². The van der Waals surface area contributed by atoms with Gasteiger partial charge in [-0.1, -0.05) is 12.1 Å². The summed E-state index contributed by atoms with van der Waals surface area (Å²) >= 11 is 0. The summed E-state index contributed by atoms with van der Waals surface area (Å²) in [6.45, 7) is 7.83. The molecule has 21 heavy (non-hydrogen) atoms. The fourth-order valence-electron chi connectivity index (χ4n) is 3.03. The van der Waals surface area contributed by atoms with E-state index in [4.69, 9.17) is 5.73 Å². The van der Waals surface area contributed by atoms with Crippen molar-refractivity contribution in [2.75, 3.05) is 20.1 Å². The van der Waals surface area contributed by atoms with Gasteiger partial charge in [-0.2, -0.15) is 0 Å². The number of piperidine rings is 1. The van der Waals surface area contributed by atoms with Gasteiger partial charge in [0.2, 0.25) is 5.91 Å². The summed E-state index contributed by atoms with van der Waals surface area (Å²) in [4.78, 5) is 16.0. The molecule has 1 heterocycles. The standard InChI is InChI=1S/C17H27N3O/c1-13(2)20-10-8-16(9-11-20)19(3)12-14-4-6-15(7-5-14)17(18)21/h4-7,13,16H,8-12H2,1-3H3,(H2,18,21). The predicted molar refractivity (Wildman–Crippen MR) is 86.2 cm³/mol. The minimum Gasteiger partial charge on any atom is -0.366 e. The average molecular weight is 289 g/mol. The van der Waals surface area contributed by atoms with Crippen LogP contribution in [0.5, 0.6) is 0 Å². The van der Waals surface area contributed by atoms with Crippen LogP contribution in [0.1, 0.15) is 42.6 Å². The summed E-state index contributed by atoms with van der Waals surface area (Å²) in [6, 6.07) is 8.92. The van der Waals surface area contributed by atoms with Crippen molar-refractivity contribution < 1.29 is 4.79 Å². The van der Waals surface area contributed by atoms with Gasteiger partial charge in [0.05, 0.1) is 0 Å². The van der Waals surface area contributed by atoms with Crippen LogP contribution >= 0.6 is 0 Å². The lowest BCUT2D eigenvalue weighted by Gasteiger charge is -2.38. The number of carbonyl (C=O) groups excluding carboxylic acids is 1. The van der Waals surface area contributed by atoms with Crippen LogP contribution in [0, 0.1) is 0 Å². The Hall–Kier alpha value is -1.39. The lowest BCUT2D eigenvalue weighted by atomic mass is 10.0. The van der Waals surface area contributed by atoms with E-state index < -0.39 is 0 Å². The Labute approximate surface area is 127 Å². The molecule has 1 aromatic carbocycles. The van der Waals surface area contributed by atoms with Gasteiger partial charge < -0.3 is 10.6 Å². The van der Waals surface area contributed by atoms with E-state index in [0.29, 0.717) is 17.6 Å². The van der Waals surface area contributed by atoms with Gasteiger partial charge >= 0.3 is 0 Å². The minimum atomic E-state index is -0.365. The summed E-state index contributed by atoms with van der Waals surface area (Å²) in [6.07, 6.45) is 2.46. The molecule has 1 saturated heterocycles. The van der Waals surface area contributed by atoms with E-state index >= 15 is 0 Å². The maximum atomic E-state index is 11.1. The van der Waals surface area contributed by atoms with Crippen molar-refractivity contribution >= 4 is 5.91 Å². The highest BCUT2D eigenvalue weighted by Crippen LogP contribution is 2.19. The van der Waals surface area contributed by atoms with Gasteiger partial charge in [-0.25, -0.2) is 0 Å². The fraction of sp³-hybridized carbons (Fsp3) is 0.588. The summed E-state index contributed by atoms with van der Waals surface area (Å²) in [5, 5.41) is 0. The van der Waals surface area contributed by atoms with E-state index in [9.17, 15) is 4.79 Å². The number of likely N-dealkylation sites (tertiary alicyclic amines) is 1. The minimum absolute atomic E-state index is 0.365. The normalized spacial score (nSPS) is 17.6. The SMILES string of the molecule is CC(C)N1CCC(N(C)Cc2ccc(C(N)=O)cc2)CC1. The Bertz CT molecular complexity index is 461. The molecule has 1 amide bonds. The topological polar surface area (TPSA) is 49.6 Å². The number of benzene rings is 1. The predicted octanol–water partition coefficient (Wildman–Crippen LogP) is 2.09. The number of rotatable bonds is 5. The van der Waals surface area contributed by atoms with Crippen molar-refractivity contribution in [1.29, 1.82) is 0 Å². The van der Waals surface area contributed by atoms with Crippen LogP contribution < -0.4 is 5.73 Å². The number of hydrogen-bond acceptors (Lipinski definition) is 3. The second kappa shape index (κ2) is 7.05. The summed E-state index contributed by atoms with van der Waals surface area (Å²) in [5.41, 5.74) is 7.07. The molecule has 0 saturated carbocycles. The van der Waals surface area contributed by atoms with Gasteiger partial charge in [0.15, 0.2) is 0 Å². The van der Waals surface area contributed by atoms with Gasteiger partial charge in [0.25, 0.3) is 0 Å². The largest absolute Gasteiger partial charge is 0.366 e. The molecular weight excluding hydrogens is 262 g/mol. The van der Waals surface area contributed by atoms with Crippen LogP contribution in [0.3, 0.4) is 0 Å². The molecule has 0 spiro atoms. The Balaban J connectivity index is 1.87. The highest BCUT2D eigenvalue weighted by Gasteiger charge is 2.23.